The highest BCUT2D eigenvalue weighted by atomic mass is 31.2. The first-order valence-electron chi connectivity index (χ1n) is 23.2. The van der Waals surface area contributed by atoms with Gasteiger partial charge in [-0.2, -0.15) is 5.26 Å². The average molecular weight is 893 g/mol. The number of nitrogens with zero attached hydrogens (tertiary/aromatic N) is 6. The van der Waals surface area contributed by atoms with E-state index in [0.717, 1.165) is 0 Å². The molecule has 7 rings (SSSR count). The van der Waals surface area contributed by atoms with E-state index in [9.17, 15) is 12.8 Å². The van der Waals surface area contributed by atoms with Gasteiger partial charge < -0.3 is 38.0 Å². The molecule has 16 heteroatoms. The van der Waals surface area contributed by atoms with Crippen LogP contribution >= 0.6 is 8.53 Å². The van der Waals surface area contributed by atoms with Gasteiger partial charge in [-0.25, -0.2) is 19.6 Å². The quantitative estimate of drug-likeness (QED) is 0.0440. The molecular formula is C48H54N7O8P. The number of hydrogen-bond donors (Lipinski definition) is 1. The summed E-state index contributed by atoms with van der Waals surface area (Å²) in [5, 5.41) is 12.3. The molecular weight excluding hydrogens is 834 g/mol. The molecule has 0 aliphatic carbocycles. The number of benzene rings is 4. The van der Waals surface area contributed by atoms with Crippen LogP contribution in [-0.2, 0) is 28.9 Å². The number of rotatable bonds is 20. The van der Waals surface area contributed by atoms with Crippen LogP contribution in [0.1, 0.15) is 74.2 Å². The molecule has 1 saturated heterocycles. The lowest BCUT2D eigenvalue weighted by atomic mass is 9.80. The molecule has 0 bridgehead atoms. The number of fused-ring (bicyclic) bond motifs is 1. The SMILES string of the molecule is [2H]C([2H])([2H])O[C@@H]1[C@H](OP(OCCC#N)N(C(C)C)C(C)C)[C@@H](C([2H])([2H])OC(c2ccccc2)(c2ccc(OC)cc2)c2ccc(OC)cc2)O[C@H]1n1cnc2c(NC(=O)c3ccccc3)ncnc21. The van der Waals surface area contributed by atoms with E-state index in [1.807, 2.05) is 62.7 Å². The summed E-state index contributed by atoms with van der Waals surface area (Å²) in [6.07, 6.45) is -4.06. The van der Waals surface area contributed by atoms with Crippen LogP contribution in [0, 0.1) is 11.3 Å². The minimum absolute atomic E-state index is 0.00573. The normalized spacial score (nSPS) is 19.7. The van der Waals surface area contributed by atoms with Crippen LogP contribution in [0.2, 0.25) is 0 Å². The monoisotopic (exact) mass is 892 g/mol. The summed E-state index contributed by atoms with van der Waals surface area (Å²) in [6.45, 7) is 4.75. The lowest BCUT2D eigenvalue weighted by molar-refractivity contribution is -0.0938. The highest BCUT2D eigenvalue weighted by Crippen LogP contribution is 2.51. The minimum Gasteiger partial charge on any atom is -0.497 e. The molecule has 0 radical (unpaired) electrons. The third kappa shape index (κ3) is 9.79. The smallest absolute Gasteiger partial charge is 0.259 e. The lowest BCUT2D eigenvalue weighted by Crippen LogP contribution is -2.42. The summed E-state index contributed by atoms with van der Waals surface area (Å²) in [4.78, 5) is 26.6. The van der Waals surface area contributed by atoms with Gasteiger partial charge in [-0.15, -0.1) is 0 Å². The molecule has 334 valence electrons. The molecule has 0 spiro atoms. The number of amides is 1. The second-order valence-corrected chi connectivity index (χ2v) is 16.6. The van der Waals surface area contributed by atoms with E-state index in [0.29, 0.717) is 33.8 Å². The zero-order valence-corrected chi connectivity index (χ0v) is 37.2. The molecule has 1 unspecified atom stereocenters. The zero-order chi connectivity index (χ0) is 49.5. The van der Waals surface area contributed by atoms with Gasteiger partial charge in [0, 0.05) is 24.7 Å². The number of hydrogen-bond acceptors (Lipinski definition) is 13. The molecule has 0 saturated carbocycles. The van der Waals surface area contributed by atoms with E-state index in [4.69, 9.17) is 36.8 Å². The van der Waals surface area contributed by atoms with E-state index in [2.05, 4.69) is 26.3 Å². The largest absolute Gasteiger partial charge is 0.497 e. The van der Waals surface area contributed by atoms with Crippen LogP contribution in [0.5, 0.6) is 11.5 Å². The Hall–Kier alpha value is -5.82. The molecule has 1 aliphatic rings. The van der Waals surface area contributed by atoms with E-state index in [1.165, 1.54) is 17.2 Å². The standard InChI is InChI=1S/C48H54N7O8P/c1-32(2)55(33(3)4)64(61-28-14-27-49)63-42-40(62-47(43(42)59-7)54-31-52-41-44(50-30-51-45(41)54)53-46(56)34-15-10-8-11-16-34)29-60-48(35-17-12-9-13-18-35,36-19-23-38(57-5)24-20-36)37-21-25-39(58-6)26-22-37/h8-13,15-26,30-33,40,42-43,47H,14,28-29H2,1-7H3,(H,50,51,53,56)/t40-,42-,43-,47-,64?/m1/s1/i7D3,29D2. The summed E-state index contributed by atoms with van der Waals surface area (Å²) < 4.78 is 93.2. The van der Waals surface area contributed by atoms with Crippen LogP contribution in [0.25, 0.3) is 11.2 Å². The summed E-state index contributed by atoms with van der Waals surface area (Å²) in [6, 6.07) is 33.3. The van der Waals surface area contributed by atoms with Crippen LogP contribution in [0.15, 0.2) is 122 Å². The third-order valence-corrected chi connectivity index (χ3v) is 12.7. The molecule has 1 N–H and O–H groups in total. The Morgan fingerprint density at radius 2 is 1.50 bits per heavy atom. The van der Waals surface area contributed by atoms with Crippen molar-refractivity contribution in [2.75, 3.05) is 39.7 Å². The van der Waals surface area contributed by atoms with Gasteiger partial charge in [-0.1, -0.05) is 72.8 Å². The molecule has 2 aromatic heterocycles. The summed E-state index contributed by atoms with van der Waals surface area (Å²) in [5.41, 5.74) is 0.358. The molecule has 3 heterocycles. The maximum absolute atomic E-state index is 13.3. The number of anilines is 1. The lowest BCUT2D eigenvalue weighted by Gasteiger charge is -2.39. The Bertz CT molecular complexity index is 2620. The second kappa shape index (κ2) is 21.2. The first-order valence-corrected chi connectivity index (χ1v) is 21.8. The molecule has 4 aromatic carbocycles. The zero-order valence-electron chi connectivity index (χ0n) is 41.3. The molecule has 1 amide bonds. The van der Waals surface area contributed by atoms with Crippen molar-refractivity contribution in [1.29, 1.82) is 5.26 Å². The van der Waals surface area contributed by atoms with Crippen LogP contribution in [0.4, 0.5) is 5.82 Å². The van der Waals surface area contributed by atoms with Gasteiger partial charge in [-0.05, 0) is 80.8 Å². The predicted molar refractivity (Wildman–Crippen MR) is 243 cm³/mol. The van der Waals surface area contributed by atoms with Gasteiger partial charge in [0.2, 0.25) is 0 Å². The van der Waals surface area contributed by atoms with Crippen molar-refractivity contribution < 1.29 is 44.4 Å². The maximum atomic E-state index is 13.3. The molecule has 64 heavy (non-hydrogen) atoms. The maximum Gasteiger partial charge on any atom is 0.259 e. The van der Waals surface area contributed by atoms with E-state index >= 15 is 0 Å². The fourth-order valence-electron chi connectivity index (χ4n) is 7.64. The number of nitrogens with one attached hydrogen (secondary N) is 1. The number of carbonyl (C=O) groups is 1. The van der Waals surface area contributed by atoms with Crippen molar-refractivity contribution in [3.8, 4) is 17.6 Å². The van der Waals surface area contributed by atoms with Gasteiger partial charge in [0.15, 0.2) is 23.2 Å². The Morgan fingerprint density at radius 1 is 0.891 bits per heavy atom. The van der Waals surface area contributed by atoms with E-state index in [1.54, 1.807) is 93.1 Å². The minimum atomic E-state index is -3.10. The number of methoxy groups -OCH3 is 3. The highest BCUT2D eigenvalue weighted by Gasteiger charge is 2.51. The van der Waals surface area contributed by atoms with Crippen molar-refractivity contribution in [3.63, 3.8) is 0 Å². The fourth-order valence-corrected chi connectivity index (χ4v) is 9.39. The van der Waals surface area contributed by atoms with E-state index in [-0.39, 0.29) is 42.1 Å². The number of ether oxygens (including phenoxy) is 5. The molecule has 5 atom stereocenters. The van der Waals surface area contributed by atoms with Crippen LogP contribution in [0.3, 0.4) is 0 Å². The number of imidazole rings is 1. The number of carbonyl (C=O) groups excluding carboxylic acids is 1. The Labute approximate surface area is 382 Å². The first-order chi connectivity index (χ1) is 33.0. The first kappa shape index (κ1) is 39.7. The average Bonchev–Trinajstić information content (AvgIpc) is 3.92. The van der Waals surface area contributed by atoms with Crippen molar-refractivity contribution in [3.05, 3.63) is 144 Å². The van der Waals surface area contributed by atoms with Crippen molar-refractivity contribution in [2.45, 2.75) is 76.3 Å². The molecule has 1 aliphatic heterocycles. The van der Waals surface area contributed by atoms with Gasteiger partial charge in [-0.3, -0.25) is 9.36 Å². The summed E-state index contributed by atoms with van der Waals surface area (Å²) in [7, 11) is -2.22. The Kier molecular flexibility index (Phi) is 13.2. The highest BCUT2D eigenvalue weighted by molar-refractivity contribution is 7.44. The fraction of sp³-hybridized carbons (Fsp3) is 0.354. The molecule has 1 fully saturated rings. The summed E-state index contributed by atoms with van der Waals surface area (Å²) >= 11 is 0. The molecule has 15 nitrogen and oxygen atoms in total. The van der Waals surface area contributed by atoms with Crippen molar-refractivity contribution in [2.24, 2.45) is 0 Å². The van der Waals surface area contributed by atoms with Gasteiger partial charge >= 0.3 is 0 Å². The van der Waals surface area contributed by atoms with E-state index < -0.39 is 58.2 Å². The van der Waals surface area contributed by atoms with Crippen LogP contribution in [-0.4, -0.2) is 94.9 Å². The number of aromatic nitrogens is 4. The van der Waals surface area contributed by atoms with Crippen molar-refractivity contribution in [1.82, 2.24) is 24.2 Å². The van der Waals surface area contributed by atoms with Gasteiger partial charge in [0.05, 0.1) is 53.1 Å². The second-order valence-electron chi connectivity index (χ2n) is 15.2. The van der Waals surface area contributed by atoms with Gasteiger partial charge in [0.25, 0.3) is 14.4 Å². The predicted octanol–water partition coefficient (Wildman–Crippen LogP) is 8.68. The number of nitriles is 1. The Morgan fingerprint density at radius 3 is 2.08 bits per heavy atom. The molecule has 6 aromatic rings. The van der Waals surface area contributed by atoms with Crippen LogP contribution < -0.4 is 14.8 Å². The van der Waals surface area contributed by atoms with Gasteiger partial charge in [0.1, 0.15) is 41.7 Å². The topological polar surface area (TPSA) is 164 Å². The summed E-state index contributed by atoms with van der Waals surface area (Å²) in [5.74, 6) is 0.669. The Balaban J connectivity index is 1.43. The third-order valence-electron chi connectivity index (χ3n) is 10.6. The van der Waals surface area contributed by atoms with Crippen molar-refractivity contribution >= 4 is 31.4 Å².